The molecule has 6 rings (SSSR count). The maximum Gasteiger partial charge on any atom is 0.116 e. The molecule has 0 amide bonds. The molecule has 0 atom stereocenters. The Kier molecular flexibility index (Phi) is 2.82. The lowest BCUT2D eigenvalue weighted by Crippen LogP contribution is -2.28. The van der Waals surface area contributed by atoms with Gasteiger partial charge in [-0.25, -0.2) is 0 Å². The van der Waals surface area contributed by atoms with Crippen molar-refractivity contribution in [2.24, 2.45) is 0 Å². The summed E-state index contributed by atoms with van der Waals surface area (Å²) >= 11 is 0. The van der Waals surface area contributed by atoms with E-state index in [-0.39, 0.29) is 16.2 Å². The molecule has 0 aliphatic heterocycles. The van der Waals surface area contributed by atoms with Gasteiger partial charge in [-0.1, -0.05) is 27.7 Å². The SMILES string of the molecule is CC1(C)CC2(CC(C)(C)c3c2[nH]c2ccc(O)cc32)c2[nH]c3ccc(O)cc3c21. The summed E-state index contributed by atoms with van der Waals surface area (Å²) in [7, 11) is 0. The normalized spacial score (nSPS) is 20.6. The van der Waals surface area contributed by atoms with Gasteiger partial charge in [0.05, 0.1) is 5.41 Å². The highest BCUT2D eigenvalue weighted by atomic mass is 16.3. The topological polar surface area (TPSA) is 72.0 Å². The second-order valence-electron chi connectivity index (χ2n) is 10.4. The minimum Gasteiger partial charge on any atom is -0.508 e. The van der Waals surface area contributed by atoms with Gasteiger partial charge in [0.2, 0.25) is 0 Å². The van der Waals surface area contributed by atoms with E-state index in [4.69, 9.17) is 0 Å². The Bertz CT molecular complexity index is 1230. The van der Waals surface area contributed by atoms with Gasteiger partial charge < -0.3 is 20.2 Å². The smallest absolute Gasteiger partial charge is 0.116 e. The minimum absolute atomic E-state index is 0.0154. The van der Waals surface area contributed by atoms with Crippen molar-refractivity contribution in [2.45, 2.75) is 56.8 Å². The van der Waals surface area contributed by atoms with Gasteiger partial charge in [0.25, 0.3) is 0 Å². The molecule has 4 N–H and O–H groups in total. The quantitative estimate of drug-likeness (QED) is 0.313. The number of aromatic amines is 2. The Balaban J connectivity index is 1.72. The molecule has 2 aliphatic rings. The Morgan fingerprint density at radius 2 is 1.10 bits per heavy atom. The first kappa shape index (κ1) is 17.0. The number of aromatic hydroxyl groups is 2. The molecule has 4 aromatic rings. The molecule has 4 nitrogen and oxygen atoms in total. The standard InChI is InChI=1S/C25H26N2O2/c1-23(2)11-25(21-19(23)15-9-13(28)5-7-17(15)26-21)12-24(3,4)20-16-10-14(29)6-8-18(16)27-22(20)25/h5-10,26-29H,11-12H2,1-4H3. The van der Waals surface area contributed by atoms with Crippen molar-refractivity contribution in [3.8, 4) is 11.5 Å². The van der Waals surface area contributed by atoms with Crippen molar-refractivity contribution >= 4 is 21.8 Å². The van der Waals surface area contributed by atoms with Gasteiger partial charge in [-0.15, -0.1) is 0 Å². The number of aromatic nitrogens is 2. The van der Waals surface area contributed by atoms with Crippen LogP contribution < -0.4 is 0 Å². The van der Waals surface area contributed by atoms with E-state index >= 15 is 0 Å². The van der Waals surface area contributed by atoms with Gasteiger partial charge in [-0.3, -0.25) is 0 Å². The van der Waals surface area contributed by atoms with Gasteiger partial charge in [-0.05, 0) is 71.2 Å². The van der Waals surface area contributed by atoms with E-state index in [1.54, 1.807) is 12.1 Å². The Morgan fingerprint density at radius 3 is 1.52 bits per heavy atom. The molecule has 0 saturated carbocycles. The van der Waals surface area contributed by atoms with Crippen LogP contribution >= 0.6 is 0 Å². The van der Waals surface area contributed by atoms with E-state index in [2.05, 4.69) is 37.7 Å². The van der Waals surface area contributed by atoms with E-state index in [9.17, 15) is 10.2 Å². The van der Waals surface area contributed by atoms with Crippen molar-refractivity contribution in [3.05, 3.63) is 58.9 Å². The fourth-order valence-corrected chi connectivity index (χ4v) is 6.71. The molecule has 1 spiro atoms. The van der Waals surface area contributed by atoms with Gasteiger partial charge in [0, 0.05) is 33.2 Å². The molecular weight excluding hydrogens is 360 g/mol. The zero-order chi connectivity index (χ0) is 20.3. The predicted octanol–water partition coefficient (Wildman–Crippen LogP) is 5.71. The summed E-state index contributed by atoms with van der Waals surface area (Å²) in [6.45, 7) is 9.27. The van der Waals surface area contributed by atoms with Crippen LogP contribution in [0.15, 0.2) is 36.4 Å². The van der Waals surface area contributed by atoms with Crippen LogP contribution in [0.5, 0.6) is 11.5 Å². The highest BCUT2D eigenvalue weighted by Gasteiger charge is 2.59. The first-order valence-corrected chi connectivity index (χ1v) is 10.3. The number of benzene rings is 2. The number of H-pyrrole nitrogens is 2. The summed E-state index contributed by atoms with van der Waals surface area (Å²) in [5, 5.41) is 22.5. The van der Waals surface area contributed by atoms with Gasteiger partial charge in [0.15, 0.2) is 0 Å². The zero-order valence-corrected chi connectivity index (χ0v) is 17.3. The average molecular weight is 386 g/mol. The lowest BCUT2D eigenvalue weighted by Gasteiger charge is -2.30. The van der Waals surface area contributed by atoms with Crippen LogP contribution in [0, 0.1) is 0 Å². The van der Waals surface area contributed by atoms with Crippen LogP contribution in [0.1, 0.15) is 63.1 Å². The summed E-state index contributed by atoms with van der Waals surface area (Å²) in [6.07, 6.45) is 2.03. The second-order valence-corrected chi connectivity index (χ2v) is 10.4. The number of nitrogens with one attached hydrogen (secondary N) is 2. The molecule has 0 radical (unpaired) electrons. The van der Waals surface area contributed by atoms with E-state index in [1.807, 2.05) is 24.3 Å². The van der Waals surface area contributed by atoms with Crippen molar-refractivity contribution in [1.29, 1.82) is 0 Å². The molecule has 2 aliphatic carbocycles. The summed E-state index contributed by atoms with van der Waals surface area (Å²) in [5.74, 6) is 0.620. The number of phenolic OH excluding ortho intramolecular Hbond substituents is 2. The Hall–Kier alpha value is -2.88. The fraction of sp³-hybridized carbons (Fsp3) is 0.360. The van der Waals surface area contributed by atoms with Gasteiger partial charge in [0.1, 0.15) is 11.5 Å². The maximum atomic E-state index is 10.1. The number of phenols is 2. The van der Waals surface area contributed by atoms with Crippen LogP contribution in [0.3, 0.4) is 0 Å². The molecule has 0 unspecified atom stereocenters. The van der Waals surface area contributed by atoms with Crippen molar-refractivity contribution in [1.82, 2.24) is 9.97 Å². The first-order valence-electron chi connectivity index (χ1n) is 10.3. The van der Waals surface area contributed by atoms with Crippen LogP contribution in [0.25, 0.3) is 21.8 Å². The van der Waals surface area contributed by atoms with Crippen molar-refractivity contribution in [3.63, 3.8) is 0 Å². The molecular formula is C25H26N2O2. The third-order valence-corrected chi connectivity index (χ3v) is 7.36. The van der Waals surface area contributed by atoms with E-state index in [0.29, 0.717) is 11.5 Å². The molecule has 148 valence electrons. The highest BCUT2D eigenvalue weighted by molar-refractivity contribution is 5.92. The third-order valence-electron chi connectivity index (χ3n) is 7.36. The highest BCUT2D eigenvalue weighted by Crippen LogP contribution is 2.64. The summed E-state index contributed by atoms with van der Waals surface area (Å²) in [5.41, 5.74) is 7.23. The number of fused-ring (bicyclic) bond motifs is 8. The largest absolute Gasteiger partial charge is 0.508 e. The van der Waals surface area contributed by atoms with Crippen LogP contribution in [0.2, 0.25) is 0 Å². The molecule has 0 saturated heterocycles. The fourth-order valence-electron chi connectivity index (χ4n) is 6.71. The molecule has 2 heterocycles. The average Bonchev–Trinajstić information content (AvgIpc) is 3.28. The second kappa shape index (κ2) is 4.81. The van der Waals surface area contributed by atoms with Crippen LogP contribution in [-0.4, -0.2) is 20.2 Å². The lowest BCUT2D eigenvalue weighted by atomic mass is 9.74. The van der Waals surface area contributed by atoms with E-state index in [0.717, 1.165) is 34.6 Å². The number of hydrogen-bond acceptors (Lipinski definition) is 2. The van der Waals surface area contributed by atoms with E-state index in [1.165, 1.54) is 22.5 Å². The Labute approximate surface area is 169 Å². The molecule has 0 fully saturated rings. The summed E-state index contributed by atoms with van der Waals surface area (Å²) in [6, 6.07) is 11.3. The first-order chi connectivity index (χ1) is 13.6. The van der Waals surface area contributed by atoms with Crippen molar-refractivity contribution in [2.75, 3.05) is 0 Å². The van der Waals surface area contributed by atoms with Crippen molar-refractivity contribution < 1.29 is 10.2 Å². The van der Waals surface area contributed by atoms with Gasteiger partial charge >= 0.3 is 0 Å². The predicted molar refractivity (Wildman–Crippen MR) is 116 cm³/mol. The van der Waals surface area contributed by atoms with Crippen LogP contribution in [0.4, 0.5) is 0 Å². The summed E-state index contributed by atoms with van der Waals surface area (Å²) in [4.78, 5) is 7.49. The molecule has 0 bridgehead atoms. The molecule has 2 aromatic carbocycles. The minimum atomic E-state index is -0.124. The summed E-state index contributed by atoms with van der Waals surface area (Å²) < 4.78 is 0. The van der Waals surface area contributed by atoms with E-state index < -0.39 is 0 Å². The monoisotopic (exact) mass is 386 g/mol. The molecule has 4 heteroatoms. The molecule has 2 aromatic heterocycles. The third kappa shape index (κ3) is 1.94. The number of hydrogen-bond donors (Lipinski definition) is 4. The maximum absolute atomic E-state index is 10.1. The molecule has 29 heavy (non-hydrogen) atoms. The number of rotatable bonds is 0. The zero-order valence-electron chi connectivity index (χ0n) is 17.3. The van der Waals surface area contributed by atoms with Gasteiger partial charge in [-0.2, -0.15) is 0 Å². The lowest BCUT2D eigenvalue weighted by molar-refractivity contribution is 0.342. The van der Waals surface area contributed by atoms with Crippen LogP contribution in [-0.2, 0) is 16.2 Å². The Morgan fingerprint density at radius 1 is 0.690 bits per heavy atom.